The predicted octanol–water partition coefficient (Wildman–Crippen LogP) is 24.1. The third-order valence-electron chi connectivity index (χ3n) is 16.0. The zero-order valence-electron chi connectivity index (χ0n) is 66.7. The second-order valence-corrected chi connectivity index (χ2v) is 29.1. The second kappa shape index (κ2) is 79.0. The molecule has 0 radical (unpaired) electrons. The number of hydrogen-bond acceptors (Lipinski definition) is 15. The molecule has 0 bridgehead atoms. The first kappa shape index (κ1) is 102. The smallest absolute Gasteiger partial charge is 0.462 e. The number of ether oxygens (including phenoxy) is 4. The van der Waals surface area contributed by atoms with Crippen LogP contribution in [0.15, 0.2) is 194 Å². The minimum atomic E-state index is -5.01. The van der Waals surface area contributed by atoms with Gasteiger partial charge in [-0.15, -0.1) is 0 Å². The molecule has 19 heteroatoms. The maximum Gasteiger partial charge on any atom is 0.472 e. The summed E-state index contributed by atoms with van der Waals surface area (Å²) in [5, 5.41) is 10.7. The Balaban J connectivity index is 5.49. The molecule has 0 fully saturated rings. The number of carbonyl (C=O) groups is 4. The van der Waals surface area contributed by atoms with E-state index in [1.807, 2.05) is 0 Å². The highest BCUT2D eigenvalue weighted by Gasteiger charge is 2.30. The number of esters is 4. The van der Waals surface area contributed by atoms with Crippen LogP contribution >= 0.6 is 15.6 Å². The topological polar surface area (TPSA) is 237 Å². The summed E-state index contributed by atoms with van der Waals surface area (Å²) in [5.74, 6) is -2.30. The molecule has 0 aromatic heterocycles. The molecule has 0 spiro atoms. The van der Waals surface area contributed by atoms with Gasteiger partial charge >= 0.3 is 39.5 Å². The molecular weight excluding hydrogens is 1400 g/mol. The fourth-order valence-electron chi connectivity index (χ4n) is 10.0. The molecule has 0 aliphatic heterocycles. The van der Waals surface area contributed by atoms with Crippen molar-refractivity contribution in [1.29, 1.82) is 0 Å². The summed E-state index contributed by atoms with van der Waals surface area (Å²) in [6, 6.07) is 0. The number of phosphoric ester groups is 2. The molecular formula is C89H142O17P2. The van der Waals surface area contributed by atoms with E-state index in [4.69, 9.17) is 37.0 Å². The van der Waals surface area contributed by atoms with E-state index in [0.717, 1.165) is 205 Å². The molecule has 0 amide bonds. The van der Waals surface area contributed by atoms with Crippen molar-refractivity contribution < 1.29 is 80.2 Å². The third kappa shape index (κ3) is 78.0. The lowest BCUT2D eigenvalue weighted by Gasteiger charge is -2.21. The van der Waals surface area contributed by atoms with Crippen molar-refractivity contribution in [3.63, 3.8) is 0 Å². The molecule has 0 saturated heterocycles. The van der Waals surface area contributed by atoms with Gasteiger partial charge in [0, 0.05) is 25.7 Å². The summed E-state index contributed by atoms with van der Waals surface area (Å²) in [6.07, 6.45) is 96.9. The fraction of sp³-hybridized carbons (Fsp3) is 0.596. The van der Waals surface area contributed by atoms with Crippen molar-refractivity contribution >= 4 is 39.5 Å². The molecule has 108 heavy (non-hydrogen) atoms. The van der Waals surface area contributed by atoms with Crippen LogP contribution in [0.25, 0.3) is 0 Å². The van der Waals surface area contributed by atoms with Crippen LogP contribution in [0.3, 0.4) is 0 Å². The van der Waals surface area contributed by atoms with Crippen LogP contribution in [-0.4, -0.2) is 96.7 Å². The van der Waals surface area contributed by atoms with Crippen LogP contribution in [0.2, 0.25) is 0 Å². The van der Waals surface area contributed by atoms with E-state index in [1.54, 1.807) is 0 Å². The molecule has 0 aromatic carbocycles. The summed E-state index contributed by atoms with van der Waals surface area (Å²) in [6.45, 7) is 4.29. The molecule has 0 aliphatic rings. The molecule has 0 aliphatic carbocycles. The van der Waals surface area contributed by atoms with Crippen molar-refractivity contribution in [2.75, 3.05) is 39.6 Å². The quantitative estimate of drug-likeness (QED) is 0.0169. The van der Waals surface area contributed by atoms with Gasteiger partial charge in [0.25, 0.3) is 0 Å². The molecule has 17 nitrogen and oxygen atoms in total. The second-order valence-electron chi connectivity index (χ2n) is 26.2. The third-order valence-corrected chi connectivity index (χ3v) is 17.9. The summed E-state index contributed by atoms with van der Waals surface area (Å²) in [4.78, 5) is 73.2. The Kier molecular flexibility index (Phi) is 74.5. The van der Waals surface area contributed by atoms with Gasteiger partial charge in [-0.25, -0.2) is 9.13 Å². The Labute approximate surface area is 653 Å². The Hall–Kier alpha value is -6.10. The summed E-state index contributed by atoms with van der Waals surface area (Å²) in [5.41, 5.74) is 0. The number of carbonyl (C=O) groups excluding carboxylic acids is 4. The van der Waals surface area contributed by atoms with Crippen molar-refractivity contribution in [2.24, 2.45) is 0 Å². The highest BCUT2D eigenvalue weighted by atomic mass is 31.2. The van der Waals surface area contributed by atoms with Gasteiger partial charge in [0.05, 0.1) is 26.4 Å². The highest BCUT2D eigenvalue weighted by Crippen LogP contribution is 2.45. The van der Waals surface area contributed by atoms with Crippen molar-refractivity contribution in [2.45, 2.75) is 303 Å². The van der Waals surface area contributed by atoms with E-state index in [2.05, 4.69) is 222 Å². The molecule has 0 rings (SSSR count). The van der Waals surface area contributed by atoms with E-state index in [1.165, 1.54) is 0 Å². The van der Waals surface area contributed by atoms with E-state index >= 15 is 0 Å². The van der Waals surface area contributed by atoms with Crippen LogP contribution < -0.4 is 0 Å². The normalized spacial score (nSPS) is 14.8. The molecule has 5 unspecified atom stereocenters. The van der Waals surface area contributed by atoms with E-state index in [-0.39, 0.29) is 25.7 Å². The molecule has 5 atom stereocenters. The summed E-state index contributed by atoms with van der Waals surface area (Å²) in [7, 11) is -10.0. The predicted molar refractivity (Wildman–Crippen MR) is 445 cm³/mol. The molecule has 3 N–H and O–H groups in total. The molecule has 0 aromatic rings. The first-order valence-corrected chi connectivity index (χ1v) is 43.7. The summed E-state index contributed by atoms with van der Waals surface area (Å²) >= 11 is 0. The largest absolute Gasteiger partial charge is 0.472 e. The van der Waals surface area contributed by atoms with Crippen molar-refractivity contribution in [3.05, 3.63) is 194 Å². The number of rotatable bonds is 74. The van der Waals surface area contributed by atoms with Gasteiger partial charge in [-0.05, 0) is 180 Å². The van der Waals surface area contributed by atoms with Crippen LogP contribution in [0.5, 0.6) is 0 Å². The average molecular weight is 1550 g/mol. The number of allylic oxidation sites excluding steroid dienone is 32. The van der Waals surface area contributed by atoms with Gasteiger partial charge in [-0.3, -0.25) is 37.3 Å². The van der Waals surface area contributed by atoms with Gasteiger partial charge in [0.1, 0.15) is 19.3 Å². The Bertz CT molecular complexity index is 2810. The Morgan fingerprint density at radius 3 is 0.704 bits per heavy atom. The van der Waals surface area contributed by atoms with Gasteiger partial charge in [-0.1, -0.05) is 273 Å². The zero-order chi connectivity index (χ0) is 78.9. The lowest BCUT2D eigenvalue weighted by atomic mass is 10.1. The van der Waals surface area contributed by atoms with Crippen LogP contribution in [0, 0.1) is 0 Å². The fourth-order valence-corrected chi connectivity index (χ4v) is 11.6. The lowest BCUT2D eigenvalue weighted by molar-refractivity contribution is -0.161. The number of aliphatic hydroxyl groups excluding tert-OH is 1. The minimum Gasteiger partial charge on any atom is -0.462 e. The highest BCUT2D eigenvalue weighted by molar-refractivity contribution is 7.47. The van der Waals surface area contributed by atoms with Gasteiger partial charge in [0.2, 0.25) is 0 Å². The Morgan fingerprint density at radius 1 is 0.259 bits per heavy atom. The van der Waals surface area contributed by atoms with E-state index < -0.39 is 97.5 Å². The van der Waals surface area contributed by atoms with Crippen molar-refractivity contribution in [1.82, 2.24) is 0 Å². The van der Waals surface area contributed by atoms with Gasteiger partial charge in [-0.2, -0.15) is 0 Å². The SMILES string of the molecule is CC/C=C\C/C=C\C/C=C\C/C=C\C/C=C\CCCCCC(=O)OCC(COP(=O)(O)OCC(O)COP(=O)(O)OCC(COC(=O)CCCCCC/C=C\C/C=C\C/C=C\C/C=C\CC)OC(=O)CCCCCC/C=C\C/C=C\C/C=C\C/C=C\CC)OC(=O)CCCCCCC/C=C\C/C=C\C/C=C\CC. The minimum absolute atomic E-state index is 0.0524. The maximum atomic E-state index is 13.1. The molecule has 0 saturated carbocycles. The standard InChI is InChI=1S/C89H142O17P2/c1-5-9-13-17-21-25-29-33-37-40-41-44-47-50-54-58-62-66-70-74-87(92)100-79-84(105-88(93)75-71-67-63-59-55-51-45-36-32-28-24-20-16-12-8-4)81-103-107(95,96)101-77-83(90)78-102-108(97,98)104-82-85(106-89(94)76-72-68-64-60-56-52-48-43-39-35-31-27-23-19-15-11-7-3)80-99-86(91)73-69-65-61-57-53-49-46-42-38-34-30-26-22-18-14-10-6-2/h9-16,21-28,33-39,41,44-46,48-50,52,54,83-85,90H,5-8,17-20,29-32,40,42-43,47,51,53,55-82H2,1-4H3,(H,95,96)(H,97,98)/b13-9-,14-10-,15-11-,16-12-,25-21-,26-22-,27-23-,28-24-,37-33-,38-34-,39-35-,44-41-,45-36-,49-46-,52-48-,54-50-. The van der Waals surface area contributed by atoms with Crippen LogP contribution in [0.1, 0.15) is 285 Å². The van der Waals surface area contributed by atoms with Gasteiger partial charge in [0.15, 0.2) is 12.2 Å². The molecule has 610 valence electrons. The van der Waals surface area contributed by atoms with Gasteiger partial charge < -0.3 is 33.8 Å². The monoisotopic (exact) mass is 1540 g/mol. The average Bonchev–Trinajstić information content (AvgIpc) is 0.901. The van der Waals surface area contributed by atoms with Crippen LogP contribution in [0.4, 0.5) is 0 Å². The first-order valence-electron chi connectivity index (χ1n) is 40.7. The number of aliphatic hydroxyl groups is 1. The number of hydrogen-bond donors (Lipinski definition) is 3. The lowest BCUT2D eigenvalue weighted by Crippen LogP contribution is -2.30. The van der Waals surface area contributed by atoms with E-state index in [0.29, 0.717) is 25.7 Å². The molecule has 0 heterocycles. The van der Waals surface area contributed by atoms with Crippen LogP contribution in [-0.2, 0) is 65.4 Å². The summed E-state index contributed by atoms with van der Waals surface area (Å²) < 4.78 is 68.6. The van der Waals surface area contributed by atoms with Crippen molar-refractivity contribution in [3.8, 4) is 0 Å². The number of phosphoric acid groups is 2. The Morgan fingerprint density at radius 2 is 0.454 bits per heavy atom. The zero-order valence-corrected chi connectivity index (χ0v) is 68.5. The van der Waals surface area contributed by atoms with E-state index in [9.17, 15) is 43.2 Å². The first-order chi connectivity index (χ1) is 52.7. The number of unbranched alkanes of at least 4 members (excludes halogenated alkanes) is 16. The maximum absolute atomic E-state index is 13.1.